The minimum absolute atomic E-state index is 0.0101. The van der Waals surface area contributed by atoms with E-state index in [1.165, 1.54) is 17.4 Å². The molecule has 0 atom stereocenters. The van der Waals surface area contributed by atoms with Crippen molar-refractivity contribution in [2.45, 2.75) is 6.18 Å². The van der Waals surface area contributed by atoms with Gasteiger partial charge in [0.2, 0.25) is 5.91 Å². The van der Waals surface area contributed by atoms with Crippen LogP contribution < -0.4 is 5.32 Å². The summed E-state index contributed by atoms with van der Waals surface area (Å²) >= 11 is 7.46. The maximum atomic E-state index is 12.9. The summed E-state index contributed by atoms with van der Waals surface area (Å²) in [5.41, 5.74) is 1.21. The van der Waals surface area contributed by atoms with Gasteiger partial charge in [0, 0.05) is 17.8 Å². The summed E-state index contributed by atoms with van der Waals surface area (Å²) in [4.78, 5) is 13.3. The van der Waals surface area contributed by atoms with E-state index >= 15 is 0 Å². The predicted molar refractivity (Wildman–Crippen MR) is 121 cm³/mol. The zero-order chi connectivity index (χ0) is 22.7. The fraction of sp³-hybridized carbons (Fsp3) is 0.0435. The molecule has 1 N–H and O–H groups in total. The second-order valence-electron chi connectivity index (χ2n) is 6.71. The number of benzene rings is 2. The van der Waals surface area contributed by atoms with E-state index in [9.17, 15) is 18.0 Å². The van der Waals surface area contributed by atoms with Crippen LogP contribution in [0.3, 0.4) is 0 Å². The Bertz CT molecular complexity index is 1270. The minimum Gasteiger partial charge on any atom is -0.321 e. The second kappa shape index (κ2) is 9.02. The van der Waals surface area contributed by atoms with Gasteiger partial charge in [0.1, 0.15) is 5.69 Å². The molecule has 162 valence electrons. The Morgan fingerprint density at radius 3 is 2.56 bits per heavy atom. The Morgan fingerprint density at radius 2 is 1.88 bits per heavy atom. The van der Waals surface area contributed by atoms with Crippen molar-refractivity contribution in [3.05, 3.63) is 94.5 Å². The zero-order valence-electron chi connectivity index (χ0n) is 16.3. The highest BCUT2D eigenvalue weighted by atomic mass is 35.5. The summed E-state index contributed by atoms with van der Waals surface area (Å²) in [5, 5.41) is 8.97. The lowest BCUT2D eigenvalue weighted by atomic mass is 10.2. The van der Waals surface area contributed by atoms with Gasteiger partial charge in [-0.05, 0) is 47.9 Å². The number of aromatic nitrogens is 2. The highest BCUT2D eigenvalue weighted by Crippen LogP contribution is 2.34. The van der Waals surface area contributed by atoms with E-state index in [2.05, 4.69) is 10.4 Å². The Morgan fingerprint density at radius 1 is 1.09 bits per heavy atom. The van der Waals surface area contributed by atoms with Crippen molar-refractivity contribution < 1.29 is 18.0 Å². The lowest BCUT2D eigenvalue weighted by molar-refractivity contribution is -0.137. The van der Waals surface area contributed by atoms with Crippen molar-refractivity contribution in [1.29, 1.82) is 0 Å². The van der Waals surface area contributed by atoms with Gasteiger partial charge in [-0.3, -0.25) is 4.79 Å². The number of carbonyl (C=O) groups excluding carboxylic acids is 1. The predicted octanol–water partition coefficient (Wildman–Crippen LogP) is 6.92. The number of thiophene rings is 1. The molecule has 0 spiro atoms. The first-order valence-corrected chi connectivity index (χ1v) is 10.6. The largest absolute Gasteiger partial charge is 0.416 e. The average molecular weight is 474 g/mol. The van der Waals surface area contributed by atoms with E-state index in [-0.39, 0.29) is 10.7 Å². The molecule has 0 radical (unpaired) electrons. The summed E-state index contributed by atoms with van der Waals surface area (Å²) in [6, 6.07) is 16.1. The van der Waals surface area contributed by atoms with E-state index < -0.39 is 17.6 Å². The fourth-order valence-corrected chi connectivity index (χ4v) is 3.86. The number of nitrogens with zero attached hydrogens (tertiary/aromatic N) is 2. The van der Waals surface area contributed by atoms with Crippen LogP contribution in [0.1, 0.15) is 11.1 Å². The number of carbonyl (C=O) groups is 1. The van der Waals surface area contributed by atoms with Crippen LogP contribution in [0, 0.1) is 0 Å². The van der Waals surface area contributed by atoms with Crippen molar-refractivity contribution in [2.24, 2.45) is 0 Å². The topological polar surface area (TPSA) is 46.9 Å². The first-order chi connectivity index (χ1) is 15.3. The van der Waals surface area contributed by atoms with Gasteiger partial charge in [-0.25, -0.2) is 4.68 Å². The van der Waals surface area contributed by atoms with Gasteiger partial charge in [0.25, 0.3) is 0 Å². The van der Waals surface area contributed by atoms with Crippen LogP contribution in [0.15, 0.2) is 78.3 Å². The lowest BCUT2D eigenvalue weighted by Crippen LogP contribution is -2.11. The number of nitrogens with one attached hydrogen (secondary N) is 1. The number of para-hydroxylation sites is 1. The molecule has 0 fully saturated rings. The molecule has 4 nitrogen and oxygen atoms in total. The third kappa shape index (κ3) is 4.92. The molecule has 2 heterocycles. The number of amides is 1. The van der Waals surface area contributed by atoms with Crippen LogP contribution in [0.4, 0.5) is 18.9 Å². The van der Waals surface area contributed by atoms with Gasteiger partial charge >= 0.3 is 6.18 Å². The summed E-state index contributed by atoms with van der Waals surface area (Å²) in [5.74, 6) is -0.615. The molecule has 0 aliphatic rings. The Kier molecular flexibility index (Phi) is 6.16. The number of halogens is 4. The quantitative estimate of drug-likeness (QED) is 0.320. The molecular formula is C23H15ClF3N3OS. The van der Waals surface area contributed by atoms with Crippen LogP contribution in [-0.4, -0.2) is 15.7 Å². The van der Waals surface area contributed by atoms with Gasteiger partial charge in [-0.1, -0.05) is 35.9 Å². The van der Waals surface area contributed by atoms with Crippen molar-refractivity contribution in [3.8, 4) is 16.3 Å². The smallest absolute Gasteiger partial charge is 0.321 e. The normalized spacial score (nSPS) is 11.8. The van der Waals surface area contributed by atoms with E-state index in [1.807, 2.05) is 47.8 Å². The molecule has 2 aromatic heterocycles. The molecule has 9 heteroatoms. The molecule has 2 aromatic carbocycles. The monoisotopic (exact) mass is 473 g/mol. The van der Waals surface area contributed by atoms with Gasteiger partial charge in [0.15, 0.2) is 0 Å². The molecule has 0 unspecified atom stereocenters. The molecular weight excluding hydrogens is 459 g/mol. The van der Waals surface area contributed by atoms with Gasteiger partial charge in [-0.2, -0.15) is 18.3 Å². The van der Waals surface area contributed by atoms with Crippen LogP contribution >= 0.6 is 22.9 Å². The maximum absolute atomic E-state index is 12.9. The lowest BCUT2D eigenvalue weighted by Gasteiger charge is -2.10. The highest BCUT2D eigenvalue weighted by molar-refractivity contribution is 7.13. The number of alkyl halides is 3. The third-order valence-corrected chi connectivity index (χ3v) is 5.69. The Balaban J connectivity index is 1.61. The molecule has 0 aliphatic heterocycles. The minimum atomic E-state index is -4.54. The summed E-state index contributed by atoms with van der Waals surface area (Å²) in [6.07, 6.45) is 0.0470. The fourth-order valence-electron chi connectivity index (χ4n) is 2.96. The number of hydrogen-bond acceptors (Lipinski definition) is 3. The average Bonchev–Trinajstić information content (AvgIpc) is 3.43. The zero-order valence-corrected chi connectivity index (χ0v) is 17.9. The van der Waals surface area contributed by atoms with Crippen molar-refractivity contribution in [2.75, 3.05) is 5.32 Å². The molecule has 4 aromatic rings. The number of rotatable bonds is 5. The standard InChI is InChI=1S/C23H15ClF3N3OS/c24-18-10-9-16(23(25,26)27)13-19(18)28-21(31)11-8-15-14-30(17-5-2-1-3-6-17)29-22(15)20-7-4-12-32-20/h1-14H,(H,28,31)/b11-8+. The third-order valence-electron chi connectivity index (χ3n) is 4.48. The van der Waals surface area contributed by atoms with Crippen LogP contribution in [0.5, 0.6) is 0 Å². The Hall–Kier alpha value is -3.36. The van der Waals surface area contributed by atoms with E-state index in [1.54, 1.807) is 17.0 Å². The molecule has 0 bridgehead atoms. The highest BCUT2D eigenvalue weighted by Gasteiger charge is 2.31. The van der Waals surface area contributed by atoms with Gasteiger partial charge < -0.3 is 5.32 Å². The van der Waals surface area contributed by atoms with Crippen molar-refractivity contribution in [3.63, 3.8) is 0 Å². The molecule has 1 amide bonds. The van der Waals surface area contributed by atoms with Crippen LogP contribution in [0.25, 0.3) is 22.3 Å². The first-order valence-electron chi connectivity index (χ1n) is 9.36. The van der Waals surface area contributed by atoms with E-state index in [4.69, 9.17) is 11.6 Å². The van der Waals surface area contributed by atoms with Crippen molar-refractivity contribution in [1.82, 2.24) is 9.78 Å². The van der Waals surface area contributed by atoms with Gasteiger partial charge in [-0.15, -0.1) is 11.3 Å². The summed E-state index contributed by atoms with van der Waals surface area (Å²) < 4.78 is 40.6. The maximum Gasteiger partial charge on any atom is 0.416 e. The van der Waals surface area contributed by atoms with E-state index in [0.717, 1.165) is 28.8 Å². The van der Waals surface area contributed by atoms with Crippen LogP contribution in [-0.2, 0) is 11.0 Å². The molecule has 0 saturated heterocycles. The van der Waals surface area contributed by atoms with Gasteiger partial charge in [0.05, 0.1) is 26.8 Å². The van der Waals surface area contributed by atoms with Crippen molar-refractivity contribution >= 4 is 40.6 Å². The Labute approximate surface area is 190 Å². The first kappa shape index (κ1) is 21.9. The molecule has 0 aliphatic carbocycles. The number of hydrogen-bond donors (Lipinski definition) is 1. The SMILES string of the molecule is O=C(/C=C/c1cn(-c2ccccc2)nc1-c1cccs1)Nc1cc(C(F)(F)F)ccc1Cl. The molecule has 0 saturated carbocycles. The summed E-state index contributed by atoms with van der Waals surface area (Å²) in [7, 11) is 0. The number of anilines is 1. The summed E-state index contributed by atoms with van der Waals surface area (Å²) in [6.45, 7) is 0. The molecule has 4 rings (SSSR count). The second-order valence-corrected chi connectivity index (χ2v) is 8.06. The van der Waals surface area contributed by atoms with E-state index in [0.29, 0.717) is 11.3 Å². The van der Waals surface area contributed by atoms with Crippen LogP contribution in [0.2, 0.25) is 5.02 Å². The molecule has 32 heavy (non-hydrogen) atoms.